The minimum Gasteiger partial charge on any atom is -0.444 e. The lowest BCUT2D eigenvalue weighted by atomic mass is 9.80. The van der Waals surface area contributed by atoms with E-state index in [9.17, 15) is 18.0 Å². The van der Waals surface area contributed by atoms with Crippen molar-refractivity contribution in [2.45, 2.75) is 90.2 Å². The van der Waals surface area contributed by atoms with Crippen molar-refractivity contribution in [1.29, 1.82) is 0 Å². The Hall–Kier alpha value is -1.81. The lowest BCUT2D eigenvalue weighted by Crippen LogP contribution is -2.43. The van der Waals surface area contributed by atoms with Gasteiger partial charge in [0.25, 0.3) is 0 Å². The average molecular weight is 456 g/mol. The van der Waals surface area contributed by atoms with E-state index >= 15 is 0 Å². The molecule has 32 heavy (non-hydrogen) atoms. The number of halogens is 3. The highest BCUT2D eigenvalue weighted by molar-refractivity contribution is 6.61. The molecule has 1 atom stereocenters. The molecule has 10 heteroatoms. The third kappa shape index (κ3) is 5.39. The van der Waals surface area contributed by atoms with Crippen molar-refractivity contribution in [3.63, 3.8) is 0 Å². The topological polar surface area (TPSA) is 60.9 Å². The molecule has 3 heterocycles. The molecule has 178 valence electrons. The maximum absolute atomic E-state index is 13.7. The van der Waals surface area contributed by atoms with E-state index in [1.165, 1.54) is 0 Å². The van der Waals surface area contributed by atoms with Gasteiger partial charge in [-0.1, -0.05) is 0 Å². The summed E-state index contributed by atoms with van der Waals surface area (Å²) >= 11 is 0. The van der Waals surface area contributed by atoms with E-state index < -0.39 is 41.9 Å². The number of ether oxygens (including phenoxy) is 1. The molecule has 2 fully saturated rings. The van der Waals surface area contributed by atoms with Crippen LogP contribution in [-0.2, 0) is 20.2 Å². The van der Waals surface area contributed by atoms with E-state index in [-0.39, 0.29) is 18.1 Å². The fourth-order valence-electron chi connectivity index (χ4n) is 3.78. The van der Waals surface area contributed by atoms with E-state index in [1.54, 1.807) is 31.7 Å². The van der Waals surface area contributed by atoms with Crippen LogP contribution in [-0.4, -0.2) is 53.0 Å². The van der Waals surface area contributed by atoms with Crippen LogP contribution in [0.3, 0.4) is 0 Å². The number of likely N-dealkylation sites (tertiary alicyclic amines) is 1. The minimum atomic E-state index is -4.62. The molecule has 1 amide bonds. The molecule has 0 aliphatic carbocycles. The smallest absolute Gasteiger partial charge is 0.444 e. The third-order valence-corrected chi connectivity index (χ3v) is 6.20. The largest absolute Gasteiger partial charge is 0.514 e. The first-order chi connectivity index (χ1) is 14.5. The van der Waals surface area contributed by atoms with Gasteiger partial charge in [0.15, 0.2) is 0 Å². The molecule has 1 aromatic heterocycles. The Bertz CT molecular complexity index is 852. The summed E-state index contributed by atoms with van der Waals surface area (Å²) in [7, 11) is -1.01. The monoisotopic (exact) mass is 456 g/mol. The summed E-state index contributed by atoms with van der Waals surface area (Å²) in [6, 6.07) is 2.68. The van der Waals surface area contributed by atoms with Gasteiger partial charge in [-0.15, -0.1) is 0 Å². The summed E-state index contributed by atoms with van der Waals surface area (Å²) < 4.78 is 58.3. The van der Waals surface area contributed by atoms with Crippen molar-refractivity contribution in [2.24, 2.45) is 0 Å². The van der Waals surface area contributed by atoms with Gasteiger partial charge in [-0.3, -0.25) is 4.98 Å². The van der Waals surface area contributed by atoms with Gasteiger partial charge in [-0.2, -0.15) is 13.2 Å². The number of rotatable bonds is 2. The molecule has 0 N–H and O–H groups in total. The third-order valence-electron chi connectivity index (χ3n) is 6.20. The molecule has 1 unspecified atom stereocenters. The van der Waals surface area contributed by atoms with Crippen LogP contribution in [0.5, 0.6) is 0 Å². The molecule has 2 saturated heterocycles. The molecule has 1 aromatic rings. The maximum atomic E-state index is 13.7. The van der Waals surface area contributed by atoms with E-state index in [1.807, 2.05) is 27.7 Å². The number of hydrogen-bond acceptors (Lipinski definition) is 5. The van der Waals surface area contributed by atoms with Gasteiger partial charge in [0, 0.05) is 19.0 Å². The molecular formula is C22H32BF3N2O4. The number of pyridine rings is 1. The molecule has 0 bridgehead atoms. The minimum absolute atomic E-state index is 0.0860. The lowest BCUT2D eigenvalue weighted by Gasteiger charge is -2.34. The normalized spacial score (nSPS) is 23.4. The highest BCUT2D eigenvalue weighted by Gasteiger charge is 2.53. The first-order valence-corrected chi connectivity index (χ1v) is 10.9. The Morgan fingerprint density at radius 2 is 1.75 bits per heavy atom. The summed E-state index contributed by atoms with van der Waals surface area (Å²) in [5, 5.41) is 0. The van der Waals surface area contributed by atoms with Gasteiger partial charge in [-0.05, 0) is 79.0 Å². The van der Waals surface area contributed by atoms with Crippen LogP contribution in [0, 0.1) is 0 Å². The Kier molecular flexibility index (Phi) is 6.36. The number of carbonyl (C=O) groups is 1. The summed E-state index contributed by atoms with van der Waals surface area (Å²) in [6.45, 7) is 13.5. The summed E-state index contributed by atoms with van der Waals surface area (Å²) in [4.78, 5) is 17.9. The number of piperidine rings is 1. The highest BCUT2D eigenvalue weighted by Crippen LogP contribution is 2.37. The molecule has 0 saturated carbocycles. The summed E-state index contributed by atoms with van der Waals surface area (Å²) in [5.41, 5.74) is -2.49. The van der Waals surface area contributed by atoms with Crippen LogP contribution in [0.15, 0.2) is 12.1 Å². The number of aromatic nitrogens is 1. The van der Waals surface area contributed by atoms with Crippen molar-refractivity contribution in [3.05, 3.63) is 23.4 Å². The van der Waals surface area contributed by atoms with Gasteiger partial charge >= 0.3 is 19.4 Å². The molecule has 3 rings (SSSR count). The van der Waals surface area contributed by atoms with Crippen molar-refractivity contribution in [1.82, 2.24) is 9.88 Å². The fraction of sp³-hybridized carbons (Fsp3) is 0.727. The van der Waals surface area contributed by atoms with Crippen molar-refractivity contribution in [3.8, 4) is 0 Å². The SMILES string of the molecule is CC(C)(C)OC(=O)N1CCCC(c2cc(B3OC(C)(C)C(C)(C)O3)nc(C(F)(F)F)c2)C1. The Labute approximate surface area is 187 Å². The van der Waals surface area contributed by atoms with Crippen LogP contribution >= 0.6 is 0 Å². The second kappa shape index (κ2) is 8.20. The summed E-state index contributed by atoms with van der Waals surface area (Å²) in [5.74, 6) is -0.276. The van der Waals surface area contributed by atoms with Crippen LogP contribution in [0.25, 0.3) is 0 Å². The number of alkyl halides is 3. The predicted octanol–water partition coefficient (Wildman–Crippen LogP) is 4.51. The van der Waals surface area contributed by atoms with E-state index in [4.69, 9.17) is 14.0 Å². The zero-order chi connectivity index (χ0) is 24.1. The second-order valence-electron chi connectivity index (χ2n) is 10.6. The number of amides is 1. The van der Waals surface area contributed by atoms with Gasteiger partial charge in [0.05, 0.1) is 16.8 Å². The quantitative estimate of drug-likeness (QED) is 0.613. The van der Waals surface area contributed by atoms with E-state index in [2.05, 4.69) is 4.98 Å². The Morgan fingerprint density at radius 1 is 1.16 bits per heavy atom. The zero-order valence-corrected chi connectivity index (χ0v) is 19.8. The van der Waals surface area contributed by atoms with Crippen LogP contribution in [0.2, 0.25) is 0 Å². The number of carbonyl (C=O) groups excluding carboxylic acids is 1. The molecule has 0 radical (unpaired) electrons. The first-order valence-electron chi connectivity index (χ1n) is 10.9. The van der Waals surface area contributed by atoms with Crippen LogP contribution in [0.4, 0.5) is 18.0 Å². The molecule has 0 aromatic carbocycles. The number of nitrogens with zero attached hydrogens (tertiary/aromatic N) is 2. The second-order valence-corrected chi connectivity index (χ2v) is 10.6. The lowest BCUT2D eigenvalue weighted by molar-refractivity contribution is -0.141. The standard InChI is InChI=1S/C22H32BF3N2O4/c1-19(2,3)30-18(29)28-10-8-9-14(13-28)15-11-16(22(24,25)26)27-17(12-15)23-31-20(4,5)21(6,7)32-23/h11-12,14H,8-10,13H2,1-7H3. The van der Waals surface area contributed by atoms with Gasteiger partial charge in [0.2, 0.25) is 0 Å². The van der Waals surface area contributed by atoms with Crippen LogP contribution < -0.4 is 5.59 Å². The van der Waals surface area contributed by atoms with Crippen molar-refractivity contribution < 1.29 is 32.0 Å². The molecule has 0 spiro atoms. The van der Waals surface area contributed by atoms with Crippen LogP contribution in [0.1, 0.15) is 78.5 Å². The Morgan fingerprint density at radius 3 is 2.28 bits per heavy atom. The molecule has 2 aliphatic rings. The van der Waals surface area contributed by atoms with Crippen molar-refractivity contribution in [2.75, 3.05) is 13.1 Å². The van der Waals surface area contributed by atoms with E-state index in [0.29, 0.717) is 24.9 Å². The molecule has 2 aliphatic heterocycles. The maximum Gasteiger partial charge on any atom is 0.514 e. The van der Waals surface area contributed by atoms with Gasteiger partial charge < -0.3 is 18.9 Å². The fourth-order valence-corrected chi connectivity index (χ4v) is 3.78. The Balaban J connectivity index is 1.91. The van der Waals surface area contributed by atoms with E-state index in [0.717, 1.165) is 6.07 Å². The average Bonchev–Trinajstić information content (AvgIpc) is 2.87. The van der Waals surface area contributed by atoms with Gasteiger partial charge in [0.1, 0.15) is 11.3 Å². The molecule has 6 nitrogen and oxygen atoms in total. The predicted molar refractivity (Wildman–Crippen MR) is 115 cm³/mol. The summed E-state index contributed by atoms with van der Waals surface area (Å²) in [6.07, 6.45) is -3.75. The zero-order valence-electron chi connectivity index (χ0n) is 19.8. The van der Waals surface area contributed by atoms with Crippen molar-refractivity contribution >= 4 is 18.8 Å². The molecular weight excluding hydrogens is 424 g/mol. The first kappa shape index (κ1) is 24.8. The number of hydrogen-bond donors (Lipinski definition) is 0. The highest BCUT2D eigenvalue weighted by atomic mass is 19.4. The van der Waals surface area contributed by atoms with Gasteiger partial charge in [-0.25, -0.2) is 4.79 Å².